The maximum Gasteiger partial charge on any atom is 0.320 e. The molecule has 0 aliphatic heterocycles. The van der Waals surface area contributed by atoms with Crippen molar-refractivity contribution in [1.82, 2.24) is 0 Å². The third kappa shape index (κ3) is 7.76. The first kappa shape index (κ1) is 14.4. The molecular formula is C13H19NO2. The van der Waals surface area contributed by atoms with E-state index in [1.54, 1.807) is 0 Å². The molecule has 1 unspecified atom stereocenters. The Labute approximate surface area is 96.6 Å². The van der Waals surface area contributed by atoms with E-state index in [9.17, 15) is 4.79 Å². The lowest BCUT2D eigenvalue weighted by molar-refractivity contribution is -0.138. The maximum absolute atomic E-state index is 10.4. The fraction of sp³-hybridized carbons (Fsp3) is 0.308. The van der Waals surface area contributed by atoms with E-state index >= 15 is 0 Å². The van der Waals surface area contributed by atoms with E-state index in [-0.39, 0.29) is 0 Å². The van der Waals surface area contributed by atoms with Gasteiger partial charge in [-0.1, -0.05) is 35.9 Å². The van der Waals surface area contributed by atoms with E-state index in [4.69, 9.17) is 10.8 Å². The molecule has 1 rings (SSSR count). The topological polar surface area (TPSA) is 63.3 Å². The van der Waals surface area contributed by atoms with Gasteiger partial charge < -0.3 is 10.8 Å². The molecule has 0 aliphatic rings. The number of carboxylic acid groups (broad SMARTS) is 1. The van der Waals surface area contributed by atoms with Gasteiger partial charge in [0.25, 0.3) is 0 Å². The molecule has 1 aromatic carbocycles. The number of rotatable bonds is 3. The van der Waals surface area contributed by atoms with Crippen LogP contribution in [0.15, 0.2) is 42.5 Å². The maximum atomic E-state index is 10.4. The molecule has 0 saturated heterocycles. The van der Waals surface area contributed by atoms with Gasteiger partial charge in [-0.3, -0.25) is 4.79 Å². The van der Waals surface area contributed by atoms with Crippen LogP contribution in [0.5, 0.6) is 0 Å². The molecule has 0 fully saturated rings. The standard InChI is InChI=1S/C9H11NO2.C4H8/c10-8(9(11)12)6-7-4-2-1-3-5-7;1-4(2)3/h1-5,8H,6,10H2,(H,11,12);1H2,2-3H3. The second-order valence-electron chi connectivity index (χ2n) is 3.84. The van der Waals surface area contributed by atoms with Crippen LogP contribution < -0.4 is 5.73 Å². The first-order valence-electron chi connectivity index (χ1n) is 5.08. The molecule has 3 nitrogen and oxygen atoms in total. The monoisotopic (exact) mass is 221 g/mol. The molecule has 0 bridgehead atoms. The lowest BCUT2D eigenvalue weighted by Gasteiger charge is -2.04. The van der Waals surface area contributed by atoms with Crippen LogP contribution in [0, 0.1) is 0 Å². The van der Waals surface area contributed by atoms with Gasteiger partial charge in [-0.05, 0) is 25.8 Å². The van der Waals surface area contributed by atoms with Gasteiger partial charge in [0.1, 0.15) is 6.04 Å². The number of carbonyl (C=O) groups is 1. The highest BCUT2D eigenvalue weighted by Gasteiger charge is 2.10. The molecule has 88 valence electrons. The van der Waals surface area contributed by atoms with Crippen molar-refractivity contribution >= 4 is 5.97 Å². The van der Waals surface area contributed by atoms with E-state index in [0.29, 0.717) is 6.42 Å². The van der Waals surface area contributed by atoms with Gasteiger partial charge in [-0.2, -0.15) is 0 Å². The lowest BCUT2D eigenvalue weighted by Crippen LogP contribution is -2.32. The fourth-order valence-electron chi connectivity index (χ4n) is 0.955. The average molecular weight is 221 g/mol. The summed E-state index contributed by atoms with van der Waals surface area (Å²) in [6.07, 6.45) is 0.385. The average Bonchev–Trinajstić information content (AvgIpc) is 2.18. The lowest BCUT2D eigenvalue weighted by atomic mass is 10.1. The van der Waals surface area contributed by atoms with Crippen molar-refractivity contribution in [2.75, 3.05) is 0 Å². The van der Waals surface area contributed by atoms with Crippen LogP contribution in [0.2, 0.25) is 0 Å². The quantitative estimate of drug-likeness (QED) is 0.769. The Morgan fingerprint density at radius 3 is 2.19 bits per heavy atom. The number of hydrogen-bond donors (Lipinski definition) is 2. The summed E-state index contributed by atoms with van der Waals surface area (Å²) in [4.78, 5) is 10.4. The fourth-order valence-corrected chi connectivity index (χ4v) is 0.955. The minimum Gasteiger partial charge on any atom is -0.480 e. The Bertz CT molecular complexity index is 329. The molecule has 0 amide bonds. The zero-order valence-corrected chi connectivity index (χ0v) is 9.81. The van der Waals surface area contributed by atoms with Gasteiger partial charge in [-0.15, -0.1) is 6.58 Å². The zero-order valence-electron chi connectivity index (χ0n) is 9.81. The van der Waals surface area contributed by atoms with Crippen molar-refractivity contribution in [2.45, 2.75) is 26.3 Å². The summed E-state index contributed by atoms with van der Waals surface area (Å²) in [5.74, 6) is -0.959. The molecule has 16 heavy (non-hydrogen) atoms. The minimum atomic E-state index is -0.959. The molecule has 3 N–H and O–H groups in total. The van der Waals surface area contributed by atoms with Crippen molar-refractivity contribution in [3.8, 4) is 0 Å². The Morgan fingerprint density at radius 1 is 1.38 bits per heavy atom. The van der Waals surface area contributed by atoms with Gasteiger partial charge in [0.15, 0.2) is 0 Å². The number of benzene rings is 1. The van der Waals surface area contributed by atoms with Crippen LogP contribution in [-0.2, 0) is 11.2 Å². The Hall–Kier alpha value is -1.61. The molecule has 3 heteroatoms. The highest BCUT2D eigenvalue weighted by atomic mass is 16.4. The molecule has 1 aromatic rings. The van der Waals surface area contributed by atoms with E-state index in [1.807, 2.05) is 44.2 Å². The van der Waals surface area contributed by atoms with Gasteiger partial charge in [0.05, 0.1) is 0 Å². The number of aliphatic carboxylic acids is 1. The van der Waals surface area contributed by atoms with Crippen LogP contribution in [0.25, 0.3) is 0 Å². The minimum absolute atomic E-state index is 0.385. The first-order valence-corrected chi connectivity index (χ1v) is 5.08. The number of nitrogens with two attached hydrogens (primary N) is 1. The number of hydrogen-bond acceptors (Lipinski definition) is 2. The zero-order chi connectivity index (χ0) is 12.6. The summed E-state index contributed by atoms with van der Waals surface area (Å²) >= 11 is 0. The van der Waals surface area contributed by atoms with Crippen molar-refractivity contribution in [1.29, 1.82) is 0 Å². The summed E-state index contributed by atoms with van der Waals surface area (Å²) in [6.45, 7) is 7.50. The normalized spacial score (nSPS) is 10.9. The third-order valence-corrected chi connectivity index (χ3v) is 1.62. The number of allylic oxidation sites excluding steroid dienone is 1. The Balaban J connectivity index is 0.000000487. The Kier molecular flexibility index (Phi) is 6.88. The highest BCUT2D eigenvalue weighted by Crippen LogP contribution is 2.01. The van der Waals surface area contributed by atoms with E-state index in [0.717, 1.165) is 5.56 Å². The number of carboxylic acids is 1. The molecule has 0 aliphatic carbocycles. The second-order valence-corrected chi connectivity index (χ2v) is 3.84. The van der Waals surface area contributed by atoms with Crippen molar-refractivity contribution in [2.24, 2.45) is 5.73 Å². The summed E-state index contributed by atoms with van der Waals surface area (Å²) in [5.41, 5.74) is 7.47. The van der Waals surface area contributed by atoms with Crippen LogP contribution in [0.1, 0.15) is 19.4 Å². The van der Waals surface area contributed by atoms with Crippen LogP contribution >= 0.6 is 0 Å². The molecule has 0 saturated carbocycles. The smallest absolute Gasteiger partial charge is 0.320 e. The molecule has 0 heterocycles. The van der Waals surface area contributed by atoms with Crippen LogP contribution in [-0.4, -0.2) is 17.1 Å². The third-order valence-electron chi connectivity index (χ3n) is 1.62. The SMILES string of the molecule is C=C(C)C.NC(Cc1ccccc1)C(=O)O. The van der Waals surface area contributed by atoms with Crippen LogP contribution in [0.3, 0.4) is 0 Å². The van der Waals surface area contributed by atoms with Crippen LogP contribution in [0.4, 0.5) is 0 Å². The molecule has 0 radical (unpaired) electrons. The highest BCUT2D eigenvalue weighted by molar-refractivity contribution is 5.73. The van der Waals surface area contributed by atoms with Gasteiger partial charge in [0, 0.05) is 0 Å². The Morgan fingerprint density at radius 2 is 1.81 bits per heavy atom. The van der Waals surface area contributed by atoms with Crippen molar-refractivity contribution in [3.63, 3.8) is 0 Å². The molecule has 0 spiro atoms. The van der Waals surface area contributed by atoms with Gasteiger partial charge in [0.2, 0.25) is 0 Å². The largest absolute Gasteiger partial charge is 0.480 e. The summed E-state index contributed by atoms with van der Waals surface area (Å²) < 4.78 is 0. The van der Waals surface area contributed by atoms with E-state index in [1.165, 1.54) is 5.57 Å². The van der Waals surface area contributed by atoms with Crippen molar-refractivity contribution < 1.29 is 9.90 Å². The second kappa shape index (κ2) is 7.65. The summed E-state index contributed by atoms with van der Waals surface area (Å²) in [5, 5.41) is 8.52. The van der Waals surface area contributed by atoms with Crippen molar-refractivity contribution in [3.05, 3.63) is 48.0 Å². The molecule has 1 atom stereocenters. The summed E-state index contributed by atoms with van der Waals surface area (Å²) in [6, 6.07) is 8.54. The van der Waals surface area contributed by atoms with Gasteiger partial charge >= 0.3 is 5.97 Å². The molecular weight excluding hydrogens is 202 g/mol. The predicted molar refractivity (Wildman–Crippen MR) is 66.2 cm³/mol. The molecule has 0 aromatic heterocycles. The van der Waals surface area contributed by atoms with Gasteiger partial charge in [-0.25, -0.2) is 0 Å². The van der Waals surface area contributed by atoms with E-state index in [2.05, 4.69) is 6.58 Å². The van der Waals surface area contributed by atoms with E-state index < -0.39 is 12.0 Å². The first-order chi connectivity index (χ1) is 7.43. The predicted octanol–water partition coefficient (Wildman–Crippen LogP) is 2.22. The summed E-state index contributed by atoms with van der Waals surface area (Å²) in [7, 11) is 0.